The maximum Gasteiger partial charge on any atom is 0.243 e. The van der Waals surface area contributed by atoms with Gasteiger partial charge in [0.1, 0.15) is 0 Å². The molecule has 0 aliphatic heterocycles. The zero-order chi connectivity index (χ0) is 13.4. The van der Waals surface area contributed by atoms with E-state index in [0.29, 0.717) is 11.8 Å². The van der Waals surface area contributed by atoms with Gasteiger partial charge in [0.15, 0.2) is 0 Å². The second-order valence-electron chi connectivity index (χ2n) is 4.18. The Bertz CT molecular complexity index is 771. The average Bonchev–Trinajstić information content (AvgIpc) is 2.46. The molecule has 5 nitrogen and oxygen atoms in total. The van der Waals surface area contributed by atoms with Crippen molar-refractivity contribution in [1.29, 1.82) is 0 Å². The molecule has 3 rings (SSSR count). The van der Waals surface area contributed by atoms with E-state index >= 15 is 0 Å². The molecule has 96 valence electrons. The van der Waals surface area contributed by atoms with E-state index < -0.39 is 0 Å². The quantitative estimate of drug-likeness (QED) is 0.658. The Morgan fingerprint density at radius 3 is 2.21 bits per heavy atom. The van der Waals surface area contributed by atoms with Crippen molar-refractivity contribution >= 4 is 21.7 Å². The van der Waals surface area contributed by atoms with Crippen molar-refractivity contribution in [1.82, 2.24) is 15.2 Å². The van der Waals surface area contributed by atoms with E-state index in [1.54, 1.807) is 14.2 Å². The van der Waals surface area contributed by atoms with E-state index in [1.165, 1.54) is 0 Å². The number of aryl methyl sites for hydroxylation is 1. The predicted octanol–water partition coefficient (Wildman–Crippen LogP) is 2.50. The van der Waals surface area contributed by atoms with E-state index in [4.69, 9.17) is 9.47 Å². The molecule has 0 saturated heterocycles. The molecule has 0 saturated carbocycles. The molecule has 2 aromatic heterocycles. The summed E-state index contributed by atoms with van der Waals surface area (Å²) >= 11 is 0. The lowest BCUT2D eigenvalue weighted by atomic mass is 10.1. The first kappa shape index (κ1) is 11.6. The number of nitrogens with zero attached hydrogens (tertiary/aromatic N) is 3. The van der Waals surface area contributed by atoms with Crippen LogP contribution in [0.25, 0.3) is 21.7 Å². The Morgan fingerprint density at radius 1 is 0.895 bits per heavy atom. The minimum absolute atomic E-state index is 0.464. The van der Waals surface area contributed by atoms with E-state index in [9.17, 15) is 0 Å². The van der Waals surface area contributed by atoms with Crippen molar-refractivity contribution in [3.8, 4) is 11.8 Å². The highest BCUT2D eigenvalue weighted by molar-refractivity contribution is 6.10. The molecule has 0 unspecified atom stereocenters. The van der Waals surface area contributed by atoms with Crippen molar-refractivity contribution in [3.63, 3.8) is 0 Å². The van der Waals surface area contributed by atoms with Crippen LogP contribution in [0.3, 0.4) is 0 Å². The summed E-state index contributed by atoms with van der Waals surface area (Å²) < 4.78 is 10.6. The summed E-state index contributed by atoms with van der Waals surface area (Å²) in [4.78, 5) is 4.58. The topological polar surface area (TPSA) is 57.1 Å². The predicted molar refractivity (Wildman–Crippen MR) is 72.7 cm³/mol. The van der Waals surface area contributed by atoms with Crippen LogP contribution in [0.15, 0.2) is 24.3 Å². The number of para-hydroxylation sites is 1. The fraction of sp³-hybridized carbons (Fsp3) is 0.214. The highest BCUT2D eigenvalue weighted by Gasteiger charge is 2.16. The molecule has 1 aromatic carbocycles. The highest BCUT2D eigenvalue weighted by Crippen LogP contribution is 2.35. The van der Waals surface area contributed by atoms with Crippen LogP contribution in [0.1, 0.15) is 5.69 Å². The first-order chi connectivity index (χ1) is 9.26. The summed E-state index contributed by atoms with van der Waals surface area (Å²) in [5, 5.41) is 10.8. The van der Waals surface area contributed by atoms with E-state index in [2.05, 4.69) is 15.2 Å². The molecule has 2 heterocycles. The third-order valence-corrected chi connectivity index (χ3v) is 3.12. The fourth-order valence-electron chi connectivity index (χ4n) is 2.30. The molecule has 0 radical (unpaired) electrons. The fourth-order valence-corrected chi connectivity index (χ4v) is 2.30. The maximum absolute atomic E-state index is 5.33. The van der Waals surface area contributed by atoms with E-state index in [1.807, 2.05) is 31.2 Å². The van der Waals surface area contributed by atoms with Gasteiger partial charge < -0.3 is 9.47 Å². The Kier molecular flexibility index (Phi) is 2.67. The lowest BCUT2D eigenvalue weighted by molar-refractivity contribution is 0.376. The highest BCUT2D eigenvalue weighted by atomic mass is 16.5. The van der Waals surface area contributed by atoms with Gasteiger partial charge in [-0.15, -0.1) is 10.2 Å². The summed E-state index contributed by atoms with van der Waals surface area (Å²) in [6.45, 7) is 1.93. The third-order valence-electron chi connectivity index (χ3n) is 3.12. The second kappa shape index (κ2) is 4.35. The molecule has 0 aliphatic carbocycles. The van der Waals surface area contributed by atoms with Crippen LogP contribution in [0.2, 0.25) is 0 Å². The lowest BCUT2D eigenvalue weighted by Crippen LogP contribution is -2.00. The van der Waals surface area contributed by atoms with Gasteiger partial charge in [0.2, 0.25) is 11.8 Å². The lowest BCUT2D eigenvalue weighted by Gasteiger charge is -2.11. The van der Waals surface area contributed by atoms with Crippen molar-refractivity contribution in [2.45, 2.75) is 6.92 Å². The van der Waals surface area contributed by atoms with Crippen molar-refractivity contribution in [3.05, 3.63) is 30.0 Å². The van der Waals surface area contributed by atoms with Crippen LogP contribution in [0.4, 0.5) is 0 Å². The zero-order valence-electron chi connectivity index (χ0n) is 11.0. The number of benzene rings is 1. The molecule has 0 bridgehead atoms. The number of ether oxygens (including phenoxy) is 2. The Labute approximate surface area is 110 Å². The summed E-state index contributed by atoms with van der Waals surface area (Å²) in [5.41, 5.74) is 1.75. The summed E-state index contributed by atoms with van der Waals surface area (Å²) in [6.07, 6.45) is 0. The van der Waals surface area contributed by atoms with Gasteiger partial charge in [-0.1, -0.05) is 18.2 Å². The van der Waals surface area contributed by atoms with Gasteiger partial charge in [0.05, 0.1) is 36.2 Å². The van der Waals surface area contributed by atoms with Crippen LogP contribution < -0.4 is 9.47 Å². The monoisotopic (exact) mass is 255 g/mol. The number of methoxy groups -OCH3 is 2. The summed E-state index contributed by atoms with van der Waals surface area (Å²) in [6, 6.07) is 7.88. The Balaban J connectivity index is 2.61. The van der Waals surface area contributed by atoms with Crippen molar-refractivity contribution < 1.29 is 9.47 Å². The third kappa shape index (κ3) is 1.66. The van der Waals surface area contributed by atoms with Gasteiger partial charge in [0.25, 0.3) is 0 Å². The first-order valence-electron chi connectivity index (χ1n) is 5.90. The number of hydrogen-bond acceptors (Lipinski definition) is 5. The molecule has 0 amide bonds. The van der Waals surface area contributed by atoms with Crippen LogP contribution in [-0.4, -0.2) is 29.4 Å². The molecule has 0 spiro atoms. The number of fused-ring (bicyclic) bond motifs is 3. The zero-order valence-corrected chi connectivity index (χ0v) is 11.0. The van der Waals surface area contributed by atoms with Crippen LogP contribution >= 0.6 is 0 Å². The summed E-state index contributed by atoms with van der Waals surface area (Å²) in [7, 11) is 3.16. The minimum Gasteiger partial charge on any atom is -0.479 e. The standard InChI is InChI=1S/C14H13N3O2/c1-8-11-12(9-6-4-5-7-10(9)15-8)14(19-3)17-16-13(11)18-2/h4-7H,1-3H3. The Hall–Kier alpha value is -2.43. The van der Waals surface area contributed by atoms with E-state index in [-0.39, 0.29) is 0 Å². The molecular weight excluding hydrogens is 242 g/mol. The van der Waals surface area contributed by atoms with Gasteiger partial charge in [-0.2, -0.15) is 0 Å². The van der Waals surface area contributed by atoms with Gasteiger partial charge in [-0.3, -0.25) is 4.98 Å². The molecule has 0 aliphatic rings. The van der Waals surface area contributed by atoms with Gasteiger partial charge >= 0.3 is 0 Å². The molecular formula is C14H13N3O2. The number of rotatable bonds is 2. The SMILES string of the molecule is COc1nnc(OC)c2c1c(C)nc1ccccc12. The van der Waals surface area contributed by atoms with E-state index in [0.717, 1.165) is 27.4 Å². The van der Waals surface area contributed by atoms with Crippen LogP contribution in [-0.2, 0) is 0 Å². The normalized spacial score (nSPS) is 10.9. The van der Waals surface area contributed by atoms with Crippen LogP contribution in [0, 0.1) is 6.92 Å². The summed E-state index contributed by atoms with van der Waals surface area (Å²) in [5.74, 6) is 0.948. The number of aromatic nitrogens is 3. The molecule has 19 heavy (non-hydrogen) atoms. The maximum atomic E-state index is 5.33. The molecule has 0 atom stereocenters. The molecule has 3 aromatic rings. The second-order valence-corrected chi connectivity index (χ2v) is 4.18. The number of hydrogen-bond donors (Lipinski definition) is 0. The Morgan fingerprint density at radius 2 is 1.53 bits per heavy atom. The molecule has 5 heteroatoms. The smallest absolute Gasteiger partial charge is 0.243 e. The van der Waals surface area contributed by atoms with Crippen molar-refractivity contribution in [2.75, 3.05) is 14.2 Å². The van der Waals surface area contributed by atoms with Crippen LogP contribution in [0.5, 0.6) is 11.8 Å². The first-order valence-corrected chi connectivity index (χ1v) is 5.90. The molecule has 0 N–H and O–H groups in total. The van der Waals surface area contributed by atoms with Crippen molar-refractivity contribution in [2.24, 2.45) is 0 Å². The molecule has 0 fully saturated rings. The van der Waals surface area contributed by atoms with Gasteiger partial charge in [0, 0.05) is 5.39 Å². The minimum atomic E-state index is 0.464. The largest absolute Gasteiger partial charge is 0.479 e. The average molecular weight is 255 g/mol. The van der Waals surface area contributed by atoms with Gasteiger partial charge in [-0.25, -0.2) is 0 Å². The van der Waals surface area contributed by atoms with Gasteiger partial charge in [-0.05, 0) is 13.0 Å². The number of pyridine rings is 1.